The molecular formula is C5H13NOSZn. The van der Waals surface area contributed by atoms with Crippen molar-refractivity contribution < 1.29 is 22.2 Å². The van der Waals surface area contributed by atoms with Gasteiger partial charge in [0.05, 0.1) is 0 Å². The molecule has 0 amide bonds. The molecule has 0 aliphatic rings. The molecule has 0 heterocycles. The van der Waals surface area contributed by atoms with Gasteiger partial charge in [-0.1, -0.05) is 0 Å². The molecule has 52 valence electrons. The van der Waals surface area contributed by atoms with Crippen molar-refractivity contribution in [2.24, 2.45) is 5.73 Å². The molecule has 0 aromatic heterocycles. The van der Waals surface area contributed by atoms with Crippen molar-refractivity contribution in [3.05, 3.63) is 0 Å². The first-order chi connectivity index (χ1) is 4.15. The van der Waals surface area contributed by atoms with Gasteiger partial charge in [-0.15, -0.1) is 0 Å². The number of nitrogens with two attached hydrogens (primary N) is 1. The van der Waals surface area contributed by atoms with Gasteiger partial charge in [0, 0.05) is 0 Å². The van der Waals surface area contributed by atoms with Crippen LogP contribution in [-0.2, 0) is 17.1 Å². The van der Waals surface area contributed by atoms with E-state index in [-0.39, 0.29) is 17.1 Å². The third-order valence-corrected chi connectivity index (χ3v) is 3.67. The molecule has 2 nitrogen and oxygen atoms in total. The van der Waals surface area contributed by atoms with Gasteiger partial charge in [-0.05, 0) is 12.2 Å². The van der Waals surface area contributed by atoms with E-state index in [0.717, 1.165) is 0 Å². The van der Waals surface area contributed by atoms with Crippen LogP contribution in [0.3, 0.4) is 0 Å². The van der Waals surface area contributed by atoms with Crippen molar-refractivity contribution in [1.82, 2.24) is 0 Å². The van der Waals surface area contributed by atoms with Gasteiger partial charge in [0.2, 0.25) is 0 Å². The molecule has 0 saturated heterocycles. The molecule has 0 aliphatic carbocycles. The summed E-state index contributed by atoms with van der Waals surface area (Å²) in [5.41, 5.74) is 4.40. The average molecular weight is 201 g/mol. The Balaban J connectivity index is 0. The molecule has 0 unspecified atom stereocenters. The monoisotopic (exact) mass is 199 g/mol. The maximum absolute atomic E-state index is 7.56. The van der Waals surface area contributed by atoms with Crippen LogP contribution in [0, 0.1) is 0 Å². The second-order valence-electron chi connectivity index (χ2n) is 1.69. The van der Waals surface area contributed by atoms with E-state index >= 15 is 0 Å². The molecule has 4 heteroatoms. The van der Waals surface area contributed by atoms with Crippen LogP contribution in [-0.4, -0.2) is 10.3 Å². The minimum Gasteiger partial charge on any atom is -0.487 e. The average Bonchev–Trinajstić information content (AvgIpc) is 1.66. The number of hydrogen-bond donors (Lipinski definition) is 2. The van der Waals surface area contributed by atoms with Crippen LogP contribution in [0.25, 0.3) is 0 Å². The van der Waals surface area contributed by atoms with E-state index in [2.05, 4.69) is 31.8 Å². The Morgan fingerprint density at radius 3 is 1.78 bits per heavy atom. The largest absolute Gasteiger partial charge is 0.487 e. The van der Waals surface area contributed by atoms with E-state index in [0.29, 0.717) is 0 Å². The van der Waals surface area contributed by atoms with Crippen molar-refractivity contribution in [1.29, 1.82) is 0 Å². The number of thiocarbonyl (C=S) groups is 1. The Kier molecular flexibility index (Phi) is 14.9. The normalized spacial score (nSPS) is 6.44. The topological polar surface area (TPSA) is 46.2 Å². The molecule has 9 heavy (non-hydrogen) atoms. The number of rotatable bonds is 2. The number of aliphatic hydroxyl groups is 1. The second kappa shape index (κ2) is 11.2. The Morgan fingerprint density at radius 2 is 1.78 bits per heavy atom. The zero-order valence-corrected chi connectivity index (χ0v) is 9.84. The summed E-state index contributed by atoms with van der Waals surface area (Å²) in [5, 5.41) is 10.1. The molecule has 0 aromatic rings. The van der Waals surface area contributed by atoms with Crippen molar-refractivity contribution in [3.8, 4) is 0 Å². The summed E-state index contributed by atoms with van der Waals surface area (Å²) in [6.45, 7) is 4.59. The fourth-order valence-electron chi connectivity index (χ4n) is 0.354. The van der Waals surface area contributed by atoms with Crippen LogP contribution < -0.4 is 5.73 Å². The number of aliphatic hydroxyl groups excluding tert-OH is 1. The third kappa shape index (κ3) is 61.9. The summed E-state index contributed by atoms with van der Waals surface area (Å²) in [5.74, 6) is 0. The Labute approximate surface area is 69.4 Å². The summed E-state index contributed by atoms with van der Waals surface area (Å²) < 4.78 is 0. The van der Waals surface area contributed by atoms with Gasteiger partial charge in [0.1, 0.15) is 0 Å². The summed E-state index contributed by atoms with van der Waals surface area (Å²) in [6.07, 6.45) is 0. The molecule has 0 atom stereocenters. The van der Waals surface area contributed by atoms with Crippen LogP contribution in [0.15, 0.2) is 0 Å². The van der Waals surface area contributed by atoms with Crippen molar-refractivity contribution >= 4 is 17.4 Å². The van der Waals surface area contributed by atoms with Crippen LogP contribution in [0.1, 0.15) is 13.8 Å². The van der Waals surface area contributed by atoms with E-state index in [1.165, 1.54) is 10.0 Å². The molecule has 0 spiro atoms. The van der Waals surface area contributed by atoms with Gasteiger partial charge >= 0.3 is 41.0 Å². The fourth-order valence-corrected chi connectivity index (χ4v) is 1.84. The predicted octanol–water partition coefficient (Wildman–Crippen LogP) is 1.73. The summed E-state index contributed by atoms with van der Waals surface area (Å²) in [6, 6.07) is 0. The Bertz CT molecular complexity index is 64.0. The van der Waals surface area contributed by atoms with Gasteiger partial charge in [-0.3, -0.25) is 0 Å². The van der Waals surface area contributed by atoms with E-state index < -0.39 is 5.17 Å². The van der Waals surface area contributed by atoms with Gasteiger partial charge in [0.25, 0.3) is 5.17 Å². The maximum Gasteiger partial charge on any atom is 0.251 e. The molecule has 0 aromatic carbocycles. The molecule has 0 radical (unpaired) electrons. The summed E-state index contributed by atoms with van der Waals surface area (Å²) in [7, 11) is 0. The van der Waals surface area contributed by atoms with Crippen LogP contribution in [0.5, 0.6) is 0 Å². The first-order valence-corrected chi connectivity index (χ1v) is 7.74. The van der Waals surface area contributed by atoms with Crippen LogP contribution >= 0.6 is 12.2 Å². The SMILES string of the molecule is C[CH2][Zn][CH2]C.NC(O)=S. The second-order valence-corrected chi connectivity index (χ2v) is 7.79. The Hall–Kier alpha value is 0.313. The van der Waals surface area contributed by atoms with E-state index in [9.17, 15) is 0 Å². The third-order valence-electron chi connectivity index (χ3n) is 0.707. The first-order valence-electron chi connectivity index (χ1n) is 3.13. The minimum absolute atomic E-state index is 0.0972. The molecule has 3 N–H and O–H groups in total. The quantitative estimate of drug-likeness (QED) is 0.527. The van der Waals surface area contributed by atoms with Crippen molar-refractivity contribution in [3.63, 3.8) is 0 Å². The molecular weight excluding hydrogens is 188 g/mol. The summed E-state index contributed by atoms with van der Waals surface area (Å²) >= 11 is 3.97. The molecule has 0 saturated carbocycles. The van der Waals surface area contributed by atoms with Crippen LogP contribution in [0.4, 0.5) is 0 Å². The minimum atomic E-state index is -0.500. The van der Waals surface area contributed by atoms with E-state index in [1.807, 2.05) is 0 Å². The molecule has 0 bridgehead atoms. The zero-order valence-electron chi connectivity index (χ0n) is 6.05. The Morgan fingerprint density at radius 1 is 1.56 bits per heavy atom. The first kappa shape index (κ1) is 12.0. The van der Waals surface area contributed by atoms with E-state index in [1.54, 1.807) is 0 Å². The van der Waals surface area contributed by atoms with Crippen molar-refractivity contribution in [2.45, 2.75) is 23.9 Å². The predicted molar refractivity (Wildman–Crippen MR) is 40.4 cm³/mol. The maximum atomic E-state index is 7.56. The zero-order chi connectivity index (χ0) is 7.70. The molecule has 0 aliphatic heterocycles. The van der Waals surface area contributed by atoms with Gasteiger partial charge in [-0.25, -0.2) is 0 Å². The van der Waals surface area contributed by atoms with Crippen molar-refractivity contribution in [2.75, 3.05) is 0 Å². The van der Waals surface area contributed by atoms with Crippen LogP contribution in [0.2, 0.25) is 10.0 Å². The smallest absolute Gasteiger partial charge is 0.251 e. The number of hydrogen-bond acceptors (Lipinski definition) is 1. The summed E-state index contributed by atoms with van der Waals surface area (Å²) in [4.78, 5) is 0. The van der Waals surface area contributed by atoms with Gasteiger partial charge in [0.15, 0.2) is 0 Å². The molecule has 0 fully saturated rings. The van der Waals surface area contributed by atoms with E-state index in [4.69, 9.17) is 5.11 Å². The van der Waals surface area contributed by atoms with Gasteiger partial charge in [-0.2, -0.15) is 0 Å². The fraction of sp³-hybridized carbons (Fsp3) is 0.800. The molecule has 0 rings (SSSR count). The standard InChI is InChI=1S/2C2H5.CH3NOS.Zn/c2*1-2;2-1(3)4;/h2*1H2,2H3;(H3,2,3,4);. The van der Waals surface area contributed by atoms with Gasteiger partial charge < -0.3 is 10.8 Å².